The van der Waals surface area contributed by atoms with Crippen LogP contribution in [-0.4, -0.2) is 19.5 Å². The lowest BCUT2D eigenvalue weighted by atomic mass is 10.1. The van der Waals surface area contributed by atoms with Gasteiger partial charge in [-0.2, -0.15) is 0 Å². The molecule has 0 atom stereocenters. The van der Waals surface area contributed by atoms with Crippen LogP contribution >= 0.6 is 7.14 Å². The van der Waals surface area contributed by atoms with Gasteiger partial charge in [-0.25, -0.2) is 15.0 Å². The van der Waals surface area contributed by atoms with E-state index in [1.54, 1.807) is 12.7 Å². The maximum atomic E-state index is 15.1. The van der Waals surface area contributed by atoms with Gasteiger partial charge in [0.1, 0.15) is 17.5 Å². The number of aromatic nitrogens is 4. The normalized spacial score (nSPS) is 11.6. The van der Waals surface area contributed by atoms with Crippen LogP contribution < -0.4 is 15.9 Å². The van der Waals surface area contributed by atoms with Crippen LogP contribution in [0.1, 0.15) is 5.56 Å². The Kier molecular flexibility index (Phi) is 5.76. The number of nitrogens with zero attached hydrogens (tertiary/aromatic N) is 4. The number of fused-ring (bicyclic) bond motifs is 1. The van der Waals surface area contributed by atoms with Gasteiger partial charge in [-0.05, 0) is 5.56 Å². The number of hydrogen-bond donors (Lipinski definition) is 0. The minimum atomic E-state index is -3.20. The molecule has 0 N–H and O–H groups in total. The molecule has 174 valence electrons. The molecule has 0 amide bonds. The quantitative estimate of drug-likeness (QED) is 0.305. The van der Waals surface area contributed by atoms with Crippen LogP contribution in [0.5, 0.6) is 0 Å². The minimum absolute atomic E-state index is 0.655. The molecule has 4 aromatic carbocycles. The molecule has 0 radical (unpaired) electrons. The molecule has 5 nitrogen and oxygen atoms in total. The first-order valence-electron chi connectivity index (χ1n) is 11.8. The second kappa shape index (κ2) is 9.37. The van der Waals surface area contributed by atoms with Crippen LogP contribution in [0, 0.1) is 0 Å². The lowest BCUT2D eigenvalue weighted by Crippen LogP contribution is -2.26. The Labute approximate surface area is 209 Å². The summed E-state index contributed by atoms with van der Waals surface area (Å²) >= 11 is 0. The monoisotopic (exact) mass is 486 g/mol. The van der Waals surface area contributed by atoms with Gasteiger partial charge in [-0.15, -0.1) is 0 Å². The van der Waals surface area contributed by atoms with E-state index in [0.717, 1.165) is 32.7 Å². The summed E-state index contributed by atoms with van der Waals surface area (Å²) in [6.45, 7) is 0.655. The third-order valence-corrected chi connectivity index (χ3v) is 9.45. The predicted molar refractivity (Wildman–Crippen MR) is 146 cm³/mol. The number of rotatable bonds is 6. The van der Waals surface area contributed by atoms with E-state index in [1.165, 1.54) is 0 Å². The van der Waals surface area contributed by atoms with Crippen molar-refractivity contribution in [1.82, 2.24) is 19.5 Å². The van der Waals surface area contributed by atoms with E-state index in [2.05, 4.69) is 22.1 Å². The van der Waals surface area contributed by atoms with Crippen molar-refractivity contribution < 1.29 is 4.57 Å². The topological polar surface area (TPSA) is 60.7 Å². The van der Waals surface area contributed by atoms with Crippen molar-refractivity contribution in [3.63, 3.8) is 0 Å². The average Bonchev–Trinajstić information content (AvgIpc) is 3.37. The van der Waals surface area contributed by atoms with Gasteiger partial charge in [0.05, 0.1) is 12.9 Å². The zero-order chi connectivity index (χ0) is 24.4. The first kappa shape index (κ1) is 22.1. The highest BCUT2D eigenvalue weighted by Crippen LogP contribution is 2.45. The summed E-state index contributed by atoms with van der Waals surface area (Å²) in [6.07, 6.45) is 3.36. The van der Waals surface area contributed by atoms with Crippen molar-refractivity contribution in [3.05, 3.63) is 133 Å². The van der Waals surface area contributed by atoms with Crippen molar-refractivity contribution >= 4 is 34.2 Å². The second-order valence-corrected chi connectivity index (χ2v) is 11.3. The summed E-state index contributed by atoms with van der Waals surface area (Å²) < 4.78 is 17.1. The molecule has 36 heavy (non-hydrogen) atoms. The van der Waals surface area contributed by atoms with E-state index in [1.807, 2.05) is 108 Å². The van der Waals surface area contributed by atoms with Gasteiger partial charge in [0.15, 0.2) is 12.8 Å². The minimum Gasteiger partial charge on any atom is -0.311 e. The Bertz CT molecular complexity index is 1640. The molecule has 0 saturated heterocycles. The summed E-state index contributed by atoms with van der Waals surface area (Å²) in [5.41, 5.74) is 4.07. The molecular weight excluding hydrogens is 463 g/mol. The number of hydrogen-bond acceptors (Lipinski definition) is 4. The Morgan fingerprint density at radius 1 is 0.639 bits per heavy atom. The molecule has 6 rings (SSSR count). The first-order valence-corrected chi connectivity index (χ1v) is 13.5. The summed E-state index contributed by atoms with van der Waals surface area (Å²) in [5.74, 6) is 0. The highest BCUT2D eigenvalue weighted by Gasteiger charge is 2.33. The van der Waals surface area contributed by atoms with Gasteiger partial charge >= 0.3 is 0 Å². The van der Waals surface area contributed by atoms with Crippen LogP contribution in [0.3, 0.4) is 0 Å². The molecule has 0 aliphatic carbocycles. The predicted octanol–water partition coefficient (Wildman–Crippen LogP) is 5.18. The molecule has 0 spiro atoms. The SMILES string of the molecule is O=P(c1ccccc1)(c1ccccc1)c1ccccc1-c1ncnc2c1ncn2Cc1ccccc1. The van der Waals surface area contributed by atoms with E-state index < -0.39 is 7.14 Å². The maximum absolute atomic E-state index is 15.1. The van der Waals surface area contributed by atoms with E-state index >= 15 is 4.57 Å². The highest BCUT2D eigenvalue weighted by atomic mass is 31.2. The molecule has 0 unspecified atom stereocenters. The molecule has 6 heteroatoms. The van der Waals surface area contributed by atoms with Crippen LogP contribution in [0.4, 0.5) is 0 Å². The molecule has 6 aromatic rings. The fraction of sp³-hybridized carbons (Fsp3) is 0.0333. The Morgan fingerprint density at radius 3 is 1.89 bits per heavy atom. The van der Waals surface area contributed by atoms with E-state index in [-0.39, 0.29) is 0 Å². The van der Waals surface area contributed by atoms with Crippen molar-refractivity contribution in [2.24, 2.45) is 0 Å². The standard InChI is InChI=1S/C30H23N4OP/c35-36(24-14-6-2-7-15-24,25-16-8-3-9-17-25)27-19-11-10-18-26(27)28-29-30(32-21-31-28)34(22-33-29)20-23-12-4-1-5-13-23/h1-19,21-22H,20H2. The molecule has 0 bridgehead atoms. The van der Waals surface area contributed by atoms with Gasteiger partial charge in [-0.1, -0.05) is 115 Å². The first-order chi connectivity index (χ1) is 17.7. The number of benzene rings is 4. The Hall–Kier alpha value is -4.34. The van der Waals surface area contributed by atoms with Crippen LogP contribution in [-0.2, 0) is 11.1 Å². The molecule has 0 saturated carbocycles. The van der Waals surface area contributed by atoms with Crippen molar-refractivity contribution in [2.75, 3.05) is 0 Å². The molecule has 0 aliphatic heterocycles. The average molecular weight is 487 g/mol. The van der Waals surface area contributed by atoms with Crippen molar-refractivity contribution in [1.29, 1.82) is 0 Å². The summed E-state index contributed by atoms with van der Waals surface area (Å²) in [7, 11) is -3.20. The number of imidazole rings is 1. The third kappa shape index (κ3) is 3.84. The van der Waals surface area contributed by atoms with Crippen LogP contribution in [0.15, 0.2) is 128 Å². The Morgan fingerprint density at radius 2 is 1.22 bits per heavy atom. The Balaban J connectivity index is 1.55. The molecule has 0 aliphatic rings. The van der Waals surface area contributed by atoms with Gasteiger partial charge < -0.3 is 9.13 Å². The summed E-state index contributed by atoms with van der Waals surface area (Å²) in [5, 5.41) is 2.30. The fourth-order valence-corrected chi connectivity index (χ4v) is 7.48. The molecule has 2 heterocycles. The zero-order valence-electron chi connectivity index (χ0n) is 19.5. The van der Waals surface area contributed by atoms with Crippen LogP contribution in [0.25, 0.3) is 22.4 Å². The fourth-order valence-electron chi connectivity index (χ4n) is 4.63. The lowest BCUT2D eigenvalue weighted by molar-refractivity contribution is 0.592. The summed E-state index contributed by atoms with van der Waals surface area (Å²) in [4.78, 5) is 13.9. The molecular formula is C30H23N4OP. The van der Waals surface area contributed by atoms with Crippen LogP contribution in [0.2, 0.25) is 0 Å². The summed E-state index contributed by atoms with van der Waals surface area (Å²) in [6, 6.07) is 37.4. The lowest BCUT2D eigenvalue weighted by Gasteiger charge is -2.22. The van der Waals surface area contributed by atoms with Crippen molar-refractivity contribution in [3.8, 4) is 11.3 Å². The zero-order valence-corrected chi connectivity index (χ0v) is 20.4. The van der Waals surface area contributed by atoms with Gasteiger partial charge in [0.25, 0.3) is 0 Å². The smallest absolute Gasteiger partial charge is 0.171 e. The molecule has 0 fully saturated rings. The highest BCUT2D eigenvalue weighted by molar-refractivity contribution is 7.85. The second-order valence-electron chi connectivity index (χ2n) is 8.55. The van der Waals surface area contributed by atoms with E-state index in [0.29, 0.717) is 17.8 Å². The maximum Gasteiger partial charge on any atom is 0.171 e. The van der Waals surface area contributed by atoms with E-state index in [4.69, 9.17) is 4.98 Å². The van der Waals surface area contributed by atoms with Gasteiger partial charge in [0, 0.05) is 21.5 Å². The van der Waals surface area contributed by atoms with Gasteiger partial charge in [-0.3, -0.25) is 0 Å². The largest absolute Gasteiger partial charge is 0.311 e. The van der Waals surface area contributed by atoms with Crippen molar-refractivity contribution in [2.45, 2.75) is 6.54 Å². The van der Waals surface area contributed by atoms with Gasteiger partial charge in [0.2, 0.25) is 0 Å². The molecule has 2 aromatic heterocycles. The third-order valence-electron chi connectivity index (χ3n) is 6.34. The van der Waals surface area contributed by atoms with E-state index in [9.17, 15) is 0 Å².